The summed E-state index contributed by atoms with van der Waals surface area (Å²) in [6, 6.07) is 22.5. The Labute approximate surface area is 231 Å². The van der Waals surface area contributed by atoms with E-state index in [1.165, 1.54) is 11.1 Å². The van der Waals surface area contributed by atoms with Gasteiger partial charge in [0.15, 0.2) is 0 Å². The third-order valence-corrected chi connectivity index (χ3v) is 7.74. The average Bonchev–Trinajstić information content (AvgIpc) is 3.41. The highest BCUT2D eigenvalue weighted by atomic mass is 16.5. The molecule has 0 aliphatic carbocycles. The molecule has 204 valence electrons. The van der Waals surface area contributed by atoms with Gasteiger partial charge in [0.2, 0.25) is 0 Å². The Bertz CT molecular complexity index is 1330. The van der Waals surface area contributed by atoms with Gasteiger partial charge in [-0.3, -0.25) is 14.6 Å². The fourth-order valence-corrected chi connectivity index (χ4v) is 5.50. The maximum absolute atomic E-state index is 13.8. The van der Waals surface area contributed by atoms with E-state index in [0.29, 0.717) is 18.7 Å². The van der Waals surface area contributed by atoms with Crippen molar-refractivity contribution >= 4 is 11.6 Å². The fourth-order valence-electron chi connectivity index (χ4n) is 5.50. The van der Waals surface area contributed by atoms with E-state index in [1.807, 2.05) is 24.3 Å². The molecule has 39 heavy (non-hydrogen) atoms. The molecule has 0 N–H and O–H groups in total. The third-order valence-electron chi connectivity index (χ3n) is 7.74. The number of benzene rings is 3. The predicted octanol–water partition coefficient (Wildman–Crippen LogP) is 4.82. The summed E-state index contributed by atoms with van der Waals surface area (Å²) in [6.07, 6.45) is 0.629. The van der Waals surface area contributed by atoms with Crippen molar-refractivity contribution in [2.45, 2.75) is 32.9 Å². The largest absolute Gasteiger partial charge is 0.497 e. The van der Waals surface area contributed by atoms with Crippen LogP contribution < -0.4 is 9.47 Å². The first kappa shape index (κ1) is 26.9. The molecule has 1 amide bonds. The van der Waals surface area contributed by atoms with Crippen molar-refractivity contribution in [3.8, 4) is 11.5 Å². The van der Waals surface area contributed by atoms with E-state index in [2.05, 4.69) is 66.1 Å². The van der Waals surface area contributed by atoms with Gasteiger partial charge in [0.05, 0.1) is 32.5 Å². The number of methoxy groups -OCH3 is 2. The van der Waals surface area contributed by atoms with Gasteiger partial charge in [-0.15, -0.1) is 0 Å². The minimum absolute atomic E-state index is 0.00897. The number of carbonyl (C=O) groups excluding carboxylic acids is 1. The molecule has 7 nitrogen and oxygen atoms in total. The smallest absolute Gasteiger partial charge is 0.257 e. The Morgan fingerprint density at radius 3 is 2.36 bits per heavy atom. The standard InChI is InChI=1S/C32H38N4O3/c1-23-10-11-24(2)28(18-23)29-20-30(27-13-12-26(38-3)19-31(27)39-4)36(33-29)32(37)22-35-16-14-34(15-17-35)21-25-8-6-5-7-9-25/h5-13,18-19,30H,14-17,20-22H2,1-4H3. The molecule has 0 radical (unpaired) electrons. The number of ether oxygens (including phenoxy) is 2. The van der Waals surface area contributed by atoms with E-state index >= 15 is 0 Å². The maximum Gasteiger partial charge on any atom is 0.257 e. The summed E-state index contributed by atoms with van der Waals surface area (Å²) in [5.74, 6) is 1.43. The molecule has 0 saturated carbocycles. The number of nitrogens with zero attached hydrogens (tertiary/aromatic N) is 4. The second-order valence-electron chi connectivity index (χ2n) is 10.5. The third kappa shape index (κ3) is 6.15. The first-order valence-electron chi connectivity index (χ1n) is 13.6. The lowest BCUT2D eigenvalue weighted by atomic mass is 9.94. The molecule has 0 spiro atoms. The Morgan fingerprint density at radius 2 is 1.64 bits per heavy atom. The molecule has 7 heteroatoms. The van der Waals surface area contributed by atoms with Crippen LogP contribution >= 0.6 is 0 Å². The van der Waals surface area contributed by atoms with E-state index in [-0.39, 0.29) is 11.9 Å². The highest BCUT2D eigenvalue weighted by Gasteiger charge is 2.36. The van der Waals surface area contributed by atoms with Crippen molar-refractivity contribution in [2.75, 3.05) is 46.9 Å². The molecule has 5 rings (SSSR count). The van der Waals surface area contributed by atoms with Crippen molar-refractivity contribution in [3.63, 3.8) is 0 Å². The zero-order chi connectivity index (χ0) is 27.4. The zero-order valence-corrected chi connectivity index (χ0v) is 23.4. The highest BCUT2D eigenvalue weighted by molar-refractivity contribution is 6.04. The van der Waals surface area contributed by atoms with Crippen molar-refractivity contribution in [3.05, 3.63) is 94.5 Å². The molecule has 3 aromatic rings. The molecule has 2 heterocycles. The molecule has 3 aromatic carbocycles. The summed E-state index contributed by atoms with van der Waals surface area (Å²) < 4.78 is 11.2. The van der Waals surface area contributed by atoms with Gasteiger partial charge in [-0.05, 0) is 43.2 Å². The van der Waals surface area contributed by atoms with E-state index in [1.54, 1.807) is 19.2 Å². The van der Waals surface area contributed by atoms with Crippen molar-refractivity contribution < 1.29 is 14.3 Å². The van der Waals surface area contributed by atoms with Gasteiger partial charge >= 0.3 is 0 Å². The minimum Gasteiger partial charge on any atom is -0.497 e. The van der Waals surface area contributed by atoms with Crippen LogP contribution in [0.5, 0.6) is 11.5 Å². The van der Waals surface area contributed by atoms with Crippen LogP contribution in [0, 0.1) is 13.8 Å². The number of hydrogen-bond acceptors (Lipinski definition) is 6. The van der Waals surface area contributed by atoms with Crippen LogP contribution in [0.1, 0.15) is 40.3 Å². The highest BCUT2D eigenvalue weighted by Crippen LogP contribution is 2.39. The lowest BCUT2D eigenvalue weighted by molar-refractivity contribution is -0.134. The number of piperazine rings is 1. The normalized spacial score (nSPS) is 18.2. The molecule has 2 aliphatic rings. The summed E-state index contributed by atoms with van der Waals surface area (Å²) in [4.78, 5) is 18.5. The van der Waals surface area contributed by atoms with Gasteiger partial charge in [0, 0.05) is 56.3 Å². The van der Waals surface area contributed by atoms with E-state index < -0.39 is 0 Å². The quantitative estimate of drug-likeness (QED) is 0.422. The Balaban J connectivity index is 1.34. The molecule has 0 aromatic heterocycles. The van der Waals surface area contributed by atoms with E-state index in [9.17, 15) is 4.79 Å². The molecule has 1 fully saturated rings. The summed E-state index contributed by atoms with van der Waals surface area (Å²) in [7, 11) is 3.29. The Morgan fingerprint density at radius 1 is 0.897 bits per heavy atom. The second-order valence-corrected chi connectivity index (χ2v) is 10.5. The molecule has 1 saturated heterocycles. The van der Waals surface area contributed by atoms with Gasteiger partial charge < -0.3 is 9.47 Å². The molecule has 2 aliphatic heterocycles. The van der Waals surface area contributed by atoms with Crippen molar-refractivity contribution in [1.82, 2.24) is 14.8 Å². The molecular weight excluding hydrogens is 488 g/mol. The number of aryl methyl sites for hydroxylation is 2. The summed E-state index contributed by atoms with van der Waals surface area (Å²) in [5, 5.41) is 6.64. The SMILES string of the molecule is COc1ccc(C2CC(c3cc(C)ccc3C)=NN2C(=O)CN2CCN(Cc3ccccc3)CC2)c(OC)c1. The average molecular weight is 527 g/mol. The van der Waals surface area contributed by atoms with Gasteiger partial charge in [-0.1, -0.05) is 48.0 Å². The van der Waals surface area contributed by atoms with Crippen LogP contribution in [0.4, 0.5) is 0 Å². The van der Waals surface area contributed by atoms with Gasteiger partial charge in [-0.25, -0.2) is 5.01 Å². The molecule has 1 unspecified atom stereocenters. The number of hydrogen-bond donors (Lipinski definition) is 0. The van der Waals surface area contributed by atoms with Gasteiger partial charge in [-0.2, -0.15) is 5.10 Å². The van der Waals surface area contributed by atoms with Crippen molar-refractivity contribution in [1.29, 1.82) is 0 Å². The van der Waals surface area contributed by atoms with E-state index in [0.717, 1.165) is 60.9 Å². The second kappa shape index (κ2) is 12.0. The lowest BCUT2D eigenvalue weighted by Crippen LogP contribution is -2.49. The number of hydrazone groups is 1. The topological polar surface area (TPSA) is 57.6 Å². The summed E-state index contributed by atoms with van der Waals surface area (Å²) in [5.41, 5.74) is 6.61. The maximum atomic E-state index is 13.8. The van der Waals surface area contributed by atoms with Crippen LogP contribution in [0.3, 0.4) is 0 Å². The Kier molecular flexibility index (Phi) is 8.29. The first-order valence-corrected chi connectivity index (χ1v) is 13.6. The molecule has 1 atom stereocenters. The number of rotatable bonds is 8. The lowest BCUT2D eigenvalue weighted by Gasteiger charge is -2.35. The predicted molar refractivity (Wildman–Crippen MR) is 154 cm³/mol. The van der Waals surface area contributed by atoms with Crippen LogP contribution in [0.2, 0.25) is 0 Å². The Hall–Kier alpha value is -3.68. The van der Waals surface area contributed by atoms with Crippen molar-refractivity contribution in [2.24, 2.45) is 5.10 Å². The summed E-state index contributed by atoms with van der Waals surface area (Å²) >= 11 is 0. The molecule has 0 bridgehead atoms. The minimum atomic E-state index is -0.243. The first-order chi connectivity index (χ1) is 18.9. The van der Waals surface area contributed by atoms with E-state index in [4.69, 9.17) is 14.6 Å². The van der Waals surface area contributed by atoms with Crippen LogP contribution in [0.25, 0.3) is 0 Å². The van der Waals surface area contributed by atoms with Gasteiger partial charge in [0.25, 0.3) is 5.91 Å². The van der Waals surface area contributed by atoms with Crippen LogP contribution in [-0.4, -0.2) is 73.4 Å². The zero-order valence-electron chi connectivity index (χ0n) is 23.4. The van der Waals surface area contributed by atoms with Crippen LogP contribution in [0.15, 0.2) is 71.8 Å². The summed E-state index contributed by atoms with van der Waals surface area (Å²) in [6.45, 7) is 9.06. The number of amides is 1. The molecular formula is C32H38N4O3. The fraction of sp³-hybridized carbons (Fsp3) is 0.375. The van der Waals surface area contributed by atoms with Crippen LogP contribution in [-0.2, 0) is 11.3 Å². The number of carbonyl (C=O) groups is 1. The van der Waals surface area contributed by atoms with Gasteiger partial charge in [0.1, 0.15) is 11.5 Å². The monoisotopic (exact) mass is 526 g/mol.